The number of carbonyl (C=O) groups excluding carboxylic acids is 2. The maximum atomic E-state index is 11.6. The quantitative estimate of drug-likeness (QED) is 0.752. The van der Waals surface area contributed by atoms with E-state index in [1.165, 1.54) is 4.90 Å². The normalized spacial score (nSPS) is 18.8. The van der Waals surface area contributed by atoms with Crippen LogP contribution in [0.4, 0.5) is 4.79 Å². The third-order valence-corrected chi connectivity index (χ3v) is 2.76. The molecule has 2 heterocycles. The second-order valence-corrected chi connectivity index (χ2v) is 4.27. The number of hydrogen-bond acceptors (Lipinski definition) is 3. The van der Waals surface area contributed by atoms with Crippen molar-refractivity contribution >= 4 is 11.9 Å². The van der Waals surface area contributed by atoms with E-state index in [-0.39, 0.29) is 11.9 Å². The van der Waals surface area contributed by atoms with Crippen LogP contribution in [0.5, 0.6) is 0 Å². The molecular weight excluding hydrogens is 206 g/mol. The maximum Gasteiger partial charge on any atom is 0.325 e. The summed E-state index contributed by atoms with van der Waals surface area (Å²) in [6, 6.07) is 3.33. The topological polar surface area (TPSA) is 62.3 Å². The van der Waals surface area contributed by atoms with Gasteiger partial charge in [-0.2, -0.15) is 0 Å². The van der Waals surface area contributed by atoms with Crippen LogP contribution in [0, 0.1) is 0 Å². The lowest BCUT2D eigenvalue weighted by Gasteiger charge is -2.27. The first-order valence-corrected chi connectivity index (χ1v) is 5.04. The number of amides is 3. The van der Waals surface area contributed by atoms with Crippen molar-refractivity contribution in [3.63, 3.8) is 0 Å². The lowest BCUT2D eigenvalue weighted by Crippen LogP contribution is -2.43. The fourth-order valence-corrected chi connectivity index (χ4v) is 1.64. The molecule has 1 aromatic heterocycles. The zero-order chi connectivity index (χ0) is 11.8. The molecule has 16 heavy (non-hydrogen) atoms. The Hall–Kier alpha value is -1.91. The molecule has 0 atom stereocenters. The molecule has 84 valence electrons. The molecule has 1 aliphatic rings. The predicted molar refractivity (Wildman–Crippen MR) is 57.4 cm³/mol. The van der Waals surface area contributed by atoms with Gasteiger partial charge in [-0.1, -0.05) is 6.07 Å². The van der Waals surface area contributed by atoms with Crippen molar-refractivity contribution in [3.8, 4) is 0 Å². The van der Waals surface area contributed by atoms with Crippen molar-refractivity contribution in [2.45, 2.75) is 25.9 Å². The average molecular weight is 219 g/mol. The first-order valence-electron chi connectivity index (χ1n) is 5.04. The highest BCUT2D eigenvalue weighted by atomic mass is 16.2. The van der Waals surface area contributed by atoms with Crippen LogP contribution >= 0.6 is 0 Å². The molecular formula is C11H13N3O2. The largest absolute Gasteiger partial charge is 0.325 e. The molecule has 0 bridgehead atoms. The van der Waals surface area contributed by atoms with Gasteiger partial charge in [-0.3, -0.25) is 15.1 Å². The van der Waals surface area contributed by atoms with Gasteiger partial charge in [0.2, 0.25) is 0 Å². The standard InChI is InChI=1S/C11H13N3O2/c1-11(2)9(15)13-10(16)14(11)7-8-4-3-5-12-6-8/h3-6H,7H2,1-2H3,(H,13,15,16). The highest BCUT2D eigenvalue weighted by Gasteiger charge is 2.45. The molecule has 0 aromatic carbocycles. The van der Waals surface area contributed by atoms with Crippen molar-refractivity contribution < 1.29 is 9.59 Å². The van der Waals surface area contributed by atoms with E-state index < -0.39 is 5.54 Å². The van der Waals surface area contributed by atoms with Crippen molar-refractivity contribution in [1.29, 1.82) is 0 Å². The van der Waals surface area contributed by atoms with Crippen LogP contribution < -0.4 is 5.32 Å². The zero-order valence-corrected chi connectivity index (χ0v) is 9.23. The number of imide groups is 1. The lowest BCUT2D eigenvalue weighted by atomic mass is 10.0. The summed E-state index contributed by atoms with van der Waals surface area (Å²) < 4.78 is 0. The van der Waals surface area contributed by atoms with Crippen LogP contribution in [0.3, 0.4) is 0 Å². The van der Waals surface area contributed by atoms with Gasteiger partial charge in [0, 0.05) is 12.4 Å². The minimum absolute atomic E-state index is 0.263. The Kier molecular flexibility index (Phi) is 2.38. The summed E-state index contributed by atoms with van der Waals surface area (Å²) in [6.07, 6.45) is 3.36. The van der Waals surface area contributed by atoms with Crippen LogP contribution in [0.15, 0.2) is 24.5 Å². The summed E-state index contributed by atoms with van der Waals surface area (Å²) in [5.74, 6) is -0.263. The van der Waals surface area contributed by atoms with E-state index in [9.17, 15) is 9.59 Å². The predicted octanol–water partition coefficient (Wildman–Crippen LogP) is 0.912. The molecule has 1 aromatic rings. The Morgan fingerprint density at radius 3 is 2.69 bits per heavy atom. The summed E-state index contributed by atoms with van der Waals surface area (Å²) in [5.41, 5.74) is 0.104. The summed E-state index contributed by atoms with van der Waals surface area (Å²) in [6.45, 7) is 3.84. The fraction of sp³-hybridized carbons (Fsp3) is 0.364. The first-order chi connectivity index (χ1) is 7.51. The van der Waals surface area contributed by atoms with Crippen LogP contribution in [0.25, 0.3) is 0 Å². The highest BCUT2D eigenvalue weighted by Crippen LogP contribution is 2.22. The van der Waals surface area contributed by atoms with Gasteiger partial charge in [0.15, 0.2) is 0 Å². The third-order valence-electron chi connectivity index (χ3n) is 2.76. The summed E-state index contributed by atoms with van der Waals surface area (Å²) >= 11 is 0. The molecule has 0 spiro atoms. The molecule has 1 saturated heterocycles. The Labute approximate surface area is 93.5 Å². The number of nitrogens with zero attached hydrogens (tertiary/aromatic N) is 2. The number of carbonyl (C=O) groups is 2. The smallest absolute Gasteiger partial charge is 0.306 e. The fourth-order valence-electron chi connectivity index (χ4n) is 1.64. The van der Waals surface area contributed by atoms with Gasteiger partial charge in [-0.05, 0) is 25.5 Å². The van der Waals surface area contributed by atoms with E-state index in [4.69, 9.17) is 0 Å². The molecule has 5 heteroatoms. The molecule has 0 saturated carbocycles. The monoisotopic (exact) mass is 219 g/mol. The van der Waals surface area contributed by atoms with E-state index in [0.29, 0.717) is 6.54 Å². The molecule has 5 nitrogen and oxygen atoms in total. The third kappa shape index (κ3) is 1.64. The molecule has 1 N–H and O–H groups in total. The van der Waals surface area contributed by atoms with Crippen LogP contribution in [0.1, 0.15) is 19.4 Å². The molecule has 0 radical (unpaired) electrons. The summed E-state index contributed by atoms with van der Waals surface area (Å²) in [5, 5.41) is 2.31. The van der Waals surface area contributed by atoms with Crippen molar-refractivity contribution in [3.05, 3.63) is 30.1 Å². The van der Waals surface area contributed by atoms with Crippen molar-refractivity contribution in [1.82, 2.24) is 15.2 Å². The SMILES string of the molecule is CC1(C)C(=O)NC(=O)N1Cc1cccnc1. The number of pyridine rings is 1. The van der Waals surface area contributed by atoms with Gasteiger partial charge in [0.25, 0.3) is 5.91 Å². The van der Waals surface area contributed by atoms with Gasteiger partial charge in [-0.25, -0.2) is 4.79 Å². The zero-order valence-electron chi connectivity index (χ0n) is 9.23. The van der Waals surface area contributed by atoms with E-state index in [0.717, 1.165) is 5.56 Å². The number of hydrogen-bond donors (Lipinski definition) is 1. The molecule has 1 aliphatic heterocycles. The lowest BCUT2D eigenvalue weighted by molar-refractivity contribution is -0.125. The van der Waals surface area contributed by atoms with E-state index in [2.05, 4.69) is 10.3 Å². The summed E-state index contributed by atoms with van der Waals surface area (Å²) in [4.78, 5) is 28.6. The van der Waals surface area contributed by atoms with Gasteiger partial charge >= 0.3 is 6.03 Å². The Morgan fingerprint density at radius 2 is 2.19 bits per heavy atom. The number of urea groups is 1. The van der Waals surface area contributed by atoms with Crippen LogP contribution in [-0.2, 0) is 11.3 Å². The molecule has 2 rings (SSSR count). The second-order valence-electron chi connectivity index (χ2n) is 4.27. The summed E-state index contributed by atoms with van der Waals surface area (Å²) in [7, 11) is 0. The highest BCUT2D eigenvalue weighted by molar-refractivity contribution is 6.06. The first kappa shape index (κ1) is 10.6. The minimum atomic E-state index is -0.799. The Morgan fingerprint density at radius 1 is 1.44 bits per heavy atom. The van der Waals surface area contributed by atoms with E-state index in [1.54, 1.807) is 32.3 Å². The molecule has 0 unspecified atom stereocenters. The molecule has 0 aliphatic carbocycles. The van der Waals surface area contributed by atoms with Gasteiger partial charge in [0.1, 0.15) is 5.54 Å². The van der Waals surface area contributed by atoms with Crippen molar-refractivity contribution in [2.24, 2.45) is 0 Å². The molecule has 1 fully saturated rings. The van der Waals surface area contributed by atoms with Gasteiger partial charge in [-0.15, -0.1) is 0 Å². The minimum Gasteiger partial charge on any atom is -0.306 e. The average Bonchev–Trinajstić information content (AvgIpc) is 2.43. The van der Waals surface area contributed by atoms with Crippen LogP contribution in [-0.4, -0.2) is 27.4 Å². The number of nitrogens with one attached hydrogen (secondary N) is 1. The van der Waals surface area contributed by atoms with E-state index >= 15 is 0 Å². The van der Waals surface area contributed by atoms with E-state index in [1.807, 2.05) is 6.07 Å². The Balaban J connectivity index is 2.22. The second kappa shape index (κ2) is 3.59. The maximum absolute atomic E-state index is 11.6. The Bertz CT molecular complexity index is 428. The number of rotatable bonds is 2. The van der Waals surface area contributed by atoms with Gasteiger partial charge in [0.05, 0.1) is 6.54 Å². The molecule has 3 amide bonds. The number of aromatic nitrogens is 1. The van der Waals surface area contributed by atoms with Crippen LogP contribution in [0.2, 0.25) is 0 Å². The van der Waals surface area contributed by atoms with Crippen molar-refractivity contribution in [2.75, 3.05) is 0 Å². The van der Waals surface area contributed by atoms with Gasteiger partial charge < -0.3 is 4.90 Å².